The van der Waals surface area contributed by atoms with Crippen LogP contribution in [0.1, 0.15) is 21.8 Å². The number of carbonyl (C=O) groups is 2. The van der Waals surface area contributed by atoms with E-state index in [9.17, 15) is 9.59 Å². The fourth-order valence-corrected chi connectivity index (χ4v) is 2.41. The van der Waals surface area contributed by atoms with Crippen LogP contribution in [0.5, 0.6) is 11.5 Å². The number of amides is 1. The van der Waals surface area contributed by atoms with Gasteiger partial charge in [0.25, 0.3) is 5.91 Å². The van der Waals surface area contributed by atoms with E-state index in [-0.39, 0.29) is 5.56 Å². The first-order valence-electron chi connectivity index (χ1n) is 8.26. The number of ether oxygens (including phenoxy) is 2. The zero-order valence-corrected chi connectivity index (χ0v) is 14.9. The van der Waals surface area contributed by atoms with Gasteiger partial charge in [0.15, 0.2) is 6.61 Å². The lowest BCUT2D eigenvalue weighted by atomic mass is 10.2. The van der Waals surface area contributed by atoms with Gasteiger partial charge in [-0.05, 0) is 50.2 Å². The van der Waals surface area contributed by atoms with E-state index in [4.69, 9.17) is 14.0 Å². The molecular weight excluding hydrogens is 348 g/mol. The Balaban J connectivity index is 1.51. The summed E-state index contributed by atoms with van der Waals surface area (Å²) >= 11 is 0. The number of aromatic nitrogens is 1. The van der Waals surface area contributed by atoms with E-state index in [1.165, 1.54) is 0 Å². The van der Waals surface area contributed by atoms with Crippen LogP contribution in [0.4, 0.5) is 5.69 Å². The Morgan fingerprint density at radius 2 is 1.67 bits per heavy atom. The first-order valence-corrected chi connectivity index (χ1v) is 8.26. The average molecular weight is 366 g/mol. The topological polar surface area (TPSA) is 90.7 Å². The number of hydrogen-bond donors (Lipinski definition) is 1. The Kier molecular flexibility index (Phi) is 5.51. The number of anilines is 1. The predicted molar refractivity (Wildman–Crippen MR) is 97.8 cm³/mol. The number of nitrogens with zero attached hydrogens (tertiary/aromatic N) is 1. The van der Waals surface area contributed by atoms with E-state index in [1.54, 1.807) is 38.1 Å². The van der Waals surface area contributed by atoms with Gasteiger partial charge in [-0.1, -0.05) is 23.4 Å². The molecule has 0 saturated heterocycles. The van der Waals surface area contributed by atoms with Crippen LogP contribution in [0, 0.1) is 13.8 Å². The average Bonchev–Trinajstić information content (AvgIpc) is 3.01. The number of carbonyl (C=O) groups excluding carboxylic acids is 2. The molecule has 1 aromatic heterocycles. The van der Waals surface area contributed by atoms with Gasteiger partial charge < -0.3 is 19.3 Å². The van der Waals surface area contributed by atoms with Gasteiger partial charge in [0.1, 0.15) is 22.8 Å². The highest BCUT2D eigenvalue weighted by Gasteiger charge is 2.19. The Morgan fingerprint density at radius 1 is 1.00 bits per heavy atom. The summed E-state index contributed by atoms with van der Waals surface area (Å²) in [6.45, 7) is 2.83. The number of para-hydroxylation sites is 1. The molecule has 0 saturated carbocycles. The van der Waals surface area contributed by atoms with E-state index < -0.39 is 18.5 Å². The normalized spacial score (nSPS) is 10.3. The summed E-state index contributed by atoms with van der Waals surface area (Å²) in [7, 11) is 0. The van der Waals surface area contributed by atoms with Gasteiger partial charge >= 0.3 is 5.97 Å². The van der Waals surface area contributed by atoms with Crippen LogP contribution in [-0.2, 0) is 9.53 Å². The zero-order chi connectivity index (χ0) is 19.2. The third kappa shape index (κ3) is 4.72. The number of nitrogens with one attached hydrogen (secondary N) is 1. The van der Waals surface area contributed by atoms with E-state index in [1.807, 2.05) is 30.3 Å². The first kappa shape index (κ1) is 18.2. The summed E-state index contributed by atoms with van der Waals surface area (Å²) in [5.74, 6) is 0.622. The molecule has 1 amide bonds. The van der Waals surface area contributed by atoms with Gasteiger partial charge in [0.05, 0.1) is 5.69 Å². The van der Waals surface area contributed by atoms with Crippen molar-refractivity contribution in [2.45, 2.75) is 13.8 Å². The van der Waals surface area contributed by atoms with Crippen LogP contribution in [-0.4, -0.2) is 23.6 Å². The lowest BCUT2D eigenvalue weighted by Crippen LogP contribution is -2.21. The second-order valence-electron chi connectivity index (χ2n) is 5.76. The third-order valence-electron chi connectivity index (χ3n) is 3.69. The van der Waals surface area contributed by atoms with Crippen LogP contribution >= 0.6 is 0 Å². The van der Waals surface area contributed by atoms with Gasteiger partial charge in [-0.2, -0.15) is 0 Å². The highest BCUT2D eigenvalue weighted by molar-refractivity contribution is 5.96. The van der Waals surface area contributed by atoms with Crippen molar-refractivity contribution in [3.05, 3.63) is 71.6 Å². The van der Waals surface area contributed by atoms with E-state index in [2.05, 4.69) is 10.5 Å². The Morgan fingerprint density at radius 3 is 2.30 bits per heavy atom. The Labute approximate surface area is 155 Å². The summed E-state index contributed by atoms with van der Waals surface area (Å²) in [5, 5.41) is 6.33. The molecule has 138 valence electrons. The van der Waals surface area contributed by atoms with Crippen molar-refractivity contribution in [2.75, 3.05) is 11.9 Å². The van der Waals surface area contributed by atoms with Crippen molar-refractivity contribution in [1.29, 1.82) is 0 Å². The summed E-state index contributed by atoms with van der Waals surface area (Å²) in [5.41, 5.74) is 1.23. The maximum absolute atomic E-state index is 12.0. The van der Waals surface area contributed by atoms with Gasteiger partial charge in [-0.3, -0.25) is 4.79 Å². The summed E-state index contributed by atoms with van der Waals surface area (Å²) in [6, 6.07) is 16.2. The summed E-state index contributed by atoms with van der Waals surface area (Å²) < 4.78 is 15.6. The van der Waals surface area contributed by atoms with Crippen LogP contribution in [0.3, 0.4) is 0 Å². The highest BCUT2D eigenvalue weighted by atomic mass is 16.5. The Bertz CT molecular complexity index is 913. The minimum atomic E-state index is -0.645. The molecule has 0 aliphatic carbocycles. The predicted octanol–water partition coefficient (Wildman–Crippen LogP) is 3.88. The van der Waals surface area contributed by atoms with E-state index in [0.717, 1.165) is 5.75 Å². The molecule has 0 fully saturated rings. The molecule has 0 unspecified atom stereocenters. The van der Waals surface area contributed by atoms with Crippen LogP contribution in [0.25, 0.3) is 0 Å². The molecule has 0 radical (unpaired) electrons. The fourth-order valence-electron chi connectivity index (χ4n) is 2.41. The van der Waals surface area contributed by atoms with Crippen molar-refractivity contribution in [1.82, 2.24) is 5.16 Å². The largest absolute Gasteiger partial charge is 0.457 e. The summed E-state index contributed by atoms with van der Waals surface area (Å²) in [6.07, 6.45) is 0. The molecule has 0 spiro atoms. The first-order chi connectivity index (χ1) is 13.0. The van der Waals surface area contributed by atoms with Crippen LogP contribution in [0.15, 0.2) is 59.1 Å². The lowest BCUT2D eigenvalue weighted by molar-refractivity contribution is -0.119. The zero-order valence-electron chi connectivity index (χ0n) is 14.9. The summed E-state index contributed by atoms with van der Waals surface area (Å²) in [4.78, 5) is 24.0. The maximum atomic E-state index is 12.0. The third-order valence-corrected chi connectivity index (χ3v) is 3.69. The fraction of sp³-hybridized carbons (Fsp3) is 0.150. The van der Waals surface area contributed by atoms with Crippen LogP contribution in [0.2, 0.25) is 0 Å². The van der Waals surface area contributed by atoms with Crippen molar-refractivity contribution < 1.29 is 23.6 Å². The van der Waals surface area contributed by atoms with Gasteiger partial charge in [-0.15, -0.1) is 0 Å². The standard InChI is InChI=1S/C20H18N2O5/c1-13-19(14(2)27-22-13)20(24)25-12-18(23)21-15-8-10-17(11-9-15)26-16-6-4-3-5-7-16/h3-11H,12H2,1-2H3,(H,21,23). The molecule has 0 aliphatic heterocycles. The number of esters is 1. The number of rotatable bonds is 6. The highest BCUT2D eigenvalue weighted by Crippen LogP contribution is 2.22. The van der Waals surface area contributed by atoms with Gasteiger partial charge in [0.2, 0.25) is 0 Å². The van der Waals surface area contributed by atoms with Crippen LogP contribution < -0.4 is 10.1 Å². The maximum Gasteiger partial charge on any atom is 0.344 e. The molecule has 7 nitrogen and oxygen atoms in total. The van der Waals surface area contributed by atoms with Crippen molar-refractivity contribution >= 4 is 17.6 Å². The molecule has 0 aliphatic rings. The molecule has 1 N–H and O–H groups in total. The molecule has 2 aromatic carbocycles. The molecule has 27 heavy (non-hydrogen) atoms. The molecule has 3 rings (SSSR count). The smallest absolute Gasteiger partial charge is 0.344 e. The monoisotopic (exact) mass is 366 g/mol. The molecular formula is C20H18N2O5. The Hall–Kier alpha value is -3.61. The van der Waals surface area contributed by atoms with E-state index >= 15 is 0 Å². The van der Waals surface area contributed by atoms with Crippen molar-refractivity contribution in [2.24, 2.45) is 0 Å². The van der Waals surface area contributed by atoms with E-state index in [0.29, 0.717) is 22.9 Å². The molecule has 7 heteroatoms. The van der Waals surface area contributed by atoms with Crippen molar-refractivity contribution in [3.63, 3.8) is 0 Å². The molecule has 1 heterocycles. The van der Waals surface area contributed by atoms with Gasteiger partial charge in [0, 0.05) is 5.69 Å². The number of hydrogen-bond acceptors (Lipinski definition) is 6. The van der Waals surface area contributed by atoms with Gasteiger partial charge in [-0.25, -0.2) is 4.79 Å². The second kappa shape index (κ2) is 8.18. The number of benzene rings is 2. The second-order valence-corrected chi connectivity index (χ2v) is 5.76. The molecule has 0 atom stereocenters. The van der Waals surface area contributed by atoms with Crippen molar-refractivity contribution in [3.8, 4) is 11.5 Å². The molecule has 3 aromatic rings. The lowest BCUT2D eigenvalue weighted by Gasteiger charge is -2.08. The quantitative estimate of drug-likeness (QED) is 0.666. The minimum absolute atomic E-state index is 0.241. The number of aryl methyl sites for hydroxylation is 2. The SMILES string of the molecule is Cc1noc(C)c1C(=O)OCC(=O)Nc1ccc(Oc2ccccc2)cc1. The minimum Gasteiger partial charge on any atom is -0.457 e. The molecule has 0 bridgehead atoms.